The second kappa shape index (κ2) is 5.36. The SMILES string of the molecule is CCCCO[C@@H]1CC[C@@H]1n1cccc(N)c1=O. The van der Waals surface area contributed by atoms with Crippen LogP contribution < -0.4 is 11.3 Å². The highest BCUT2D eigenvalue weighted by atomic mass is 16.5. The van der Waals surface area contributed by atoms with Gasteiger partial charge in [0.25, 0.3) is 5.56 Å². The largest absolute Gasteiger partial charge is 0.394 e. The van der Waals surface area contributed by atoms with Gasteiger partial charge in [0.1, 0.15) is 0 Å². The number of nitrogens with two attached hydrogens (primary N) is 1. The summed E-state index contributed by atoms with van der Waals surface area (Å²) in [7, 11) is 0. The van der Waals surface area contributed by atoms with Gasteiger partial charge in [-0.1, -0.05) is 13.3 Å². The summed E-state index contributed by atoms with van der Waals surface area (Å²) in [6.07, 6.45) is 6.24. The number of unbranched alkanes of at least 4 members (excludes halogenated alkanes) is 1. The monoisotopic (exact) mass is 236 g/mol. The Bertz CT molecular complexity index is 428. The molecule has 1 aliphatic rings. The van der Waals surface area contributed by atoms with Crippen LogP contribution in [-0.2, 0) is 4.74 Å². The molecule has 0 radical (unpaired) electrons. The van der Waals surface area contributed by atoms with Gasteiger partial charge in [0.05, 0.1) is 17.8 Å². The van der Waals surface area contributed by atoms with E-state index in [-0.39, 0.29) is 17.7 Å². The van der Waals surface area contributed by atoms with Crippen LogP contribution in [0.25, 0.3) is 0 Å². The molecule has 2 rings (SSSR count). The molecule has 0 amide bonds. The lowest BCUT2D eigenvalue weighted by molar-refractivity contribution is -0.0415. The molecule has 1 heterocycles. The third kappa shape index (κ3) is 2.52. The van der Waals surface area contributed by atoms with Crippen LogP contribution in [0.2, 0.25) is 0 Å². The molecule has 94 valence electrons. The second-order valence-corrected chi connectivity index (χ2v) is 4.58. The molecule has 1 aromatic rings. The standard InChI is InChI=1S/C13H20N2O2/c1-2-3-9-17-12-7-6-11(12)15-8-4-5-10(14)13(15)16/h4-5,8,11-12H,2-3,6-7,9,14H2,1H3/t11-,12+/m0/s1. The van der Waals surface area contributed by atoms with E-state index in [1.54, 1.807) is 16.8 Å². The van der Waals surface area contributed by atoms with Gasteiger partial charge in [-0.25, -0.2) is 0 Å². The second-order valence-electron chi connectivity index (χ2n) is 4.58. The van der Waals surface area contributed by atoms with E-state index in [1.807, 2.05) is 6.07 Å². The molecule has 2 atom stereocenters. The highest BCUT2D eigenvalue weighted by Gasteiger charge is 2.33. The van der Waals surface area contributed by atoms with Gasteiger partial charge in [0, 0.05) is 12.8 Å². The van der Waals surface area contributed by atoms with E-state index in [0.29, 0.717) is 5.69 Å². The van der Waals surface area contributed by atoms with Crippen molar-refractivity contribution in [2.45, 2.75) is 44.8 Å². The topological polar surface area (TPSA) is 57.2 Å². The number of aromatic nitrogens is 1. The third-order valence-corrected chi connectivity index (χ3v) is 3.37. The van der Waals surface area contributed by atoms with E-state index in [0.717, 1.165) is 32.3 Å². The Morgan fingerprint density at radius 2 is 2.35 bits per heavy atom. The number of ether oxygens (including phenoxy) is 1. The molecule has 2 N–H and O–H groups in total. The van der Waals surface area contributed by atoms with Crippen molar-refractivity contribution in [1.82, 2.24) is 4.57 Å². The molecule has 0 spiro atoms. The van der Waals surface area contributed by atoms with Gasteiger partial charge in [0.2, 0.25) is 0 Å². The summed E-state index contributed by atoms with van der Waals surface area (Å²) < 4.78 is 7.50. The summed E-state index contributed by atoms with van der Waals surface area (Å²) in [6.45, 7) is 2.93. The van der Waals surface area contributed by atoms with E-state index >= 15 is 0 Å². The van der Waals surface area contributed by atoms with Gasteiger partial charge in [-0.05, 0) is 31.4 Å². The van der Waals surface area contributed by atoms with Crippen molar-refractivity contribution in [3.8, 4) is 0 Å². The number of anilines is 1. The van der Waals surface area contributed by atoms with E-state index in [9.17, 15) is 4.79 Å². The normalized spacial score (nSPS) is 23.4. The van der Waals surface area contributed by atoms with Gasteiger partial charge in [-0.15, -0.1) is 0 Å². The minimum atomic E-state index is -0.0960. The molecule has 4 heteroatoms. The minimum absolute atomic E-state index is 0.0960. The Kier molecular flexibility index (Phi) is 3.84. The molecule has 1 fully saturated rings. The summed E-state index contributed by atoms with van der Waals surface area (Å²) in [6, 6.07) is 3.63. The number of nitrogens with zero attached hydrogens (tertiary/aromatic N) is 1. The number of rotatable bonds is 5. The molecule has 1 aliphatic carbocycles. The highest BCUT2D eigenvalue weighted by Crippen LogP contribution is 2.34. The lowest BCUT2D eigenvalue weighted by Crippen LogP contribution is -2.41. The van der Waals surface area contributed by atoms with Gasteiger partial charge in [-0.3, -0.25) is 4.79 Å². The van der Waals surface area contributed by atoms with Crippen molar-refractivity contribution in [3.63, 3.8) is 0 Å². The van der Waals surface area contributed by atoms with Gasteiger partial charge < -0.3 is 15.0 Å². The fourth-order valence-electron chi connectivity index (χ4n) is 2.13. The zero-order valence-electron chi connectivity index (χ0n) is 10.3. The molecule has 0 bridgehead atoms. The summed E-state index contributed by atoms with van der Waals surface area (Å²) >= 11 is 0. The van der Waals surface area contributed by atoms with Crippen LogP contribution in [0.4, 0.5) is 5.69 Å². The number of pyridine rings is 1. The van der Waals surface area contributed by atoms with Crippen LogP contribution in [0.3, 0.4) is 0 Å². The number of hydrogen-bond donors (Lipinski definition) is 1. The van der Waals surface area contributed by atoms with Crippen LogP contribution in [0.5, 0.6) is 0 Å². The highest BCUT2D eigenvalue weighted by molar-refractivity contribution is 5.34. The van der Waals surface area contributed by atoms with Crippen molar-refractivity contribution in [3.05, 3.63) is 28.7 Å². The molecule has 1 aromatic heterocycles. The molecular weight excluding hydrogens is 216 g/mol. The van der Waals surface area contributed by atoms with Crippen LogP contribution in [0, 0.1) is 0 Å². The van der Waals surface area contributed by atoms with Crippen LogP contribution in [0.15, 0.2) is 23.1 Å². The average molecular weight is 236 g/mol. The fourth-order valence-corrected chi connectivity index (χ4v) is 2.13. The maximum atomic E-state index is 11.9. The van der Waals surface area contributed by atoms with Gasteiger partial charge in [0.15, 0.2) is 0 Å². The average Bonchev–Trinajstić information content (AvgIpc) is 2.29. The summed E-state index contributed by atoms with van der Waals surface area (Å²) in [5.41, 5.74) is 5.85. The molecule has 0 aliphatic heterocycles. The molecule has 1 saturated carbocycles. The Balaban J connectivity index is 2.03. The van der Waals surface area contributed by atoms with Crippen molar-refractivity contribution < 1.29 is 4.74 Å². The molecule has 17 heavy (non-hydrogen) atoms. The summed E-state index contributed by atoms with van der Waals surface area (Å²) in [5.74, 6) is 0. The van der Waals surface area contributed by atoms with Gasteiger partial charge in [-0.2, -0.15) is 0 Å². The molecule has 4 nitrogen and oxygen atoms in total. The Morgan fingerprint density at radius 3 is 3.00 bits per heavy atom. The lowest BCUT2D eigenvalue weighted by atomic mass is 9.88. The van der Waals surface area contributed by atoms with E-state index in [4.69, 9.17) is 10.5 Å². The van der Waals surface area contributed by atoms with Crippen LogP contribution in [0.1, 0.15) is 38.6 Å². The predicted octanol–water partition coefficient (Wildman–Crippen LogP) is 1.95. The number of hydrogen-bond acceptors (Lipinski definition) is 3. The first kappa shape index (κ1) is 12.2. The number of nitrogen functional groups attached to an aromatic ring is 1. The van der Waals surface area contributed by atoms with Crippen molar-refractivity contribution >= 4 is 5.69 Å². The van der Waals surface area contributed by atoms with E-state index in [1.165, 1.54) is 0 Å². The van der Waals surface area contributed by atoms with Crippen LogP contribution >= 0.6 is 0 Å². The zero-order valence-corrected chi connectivity index (χ0v) is 10.3. The Hall–Kier alpha value is -1.29. The van der Waals surface area contributed by atoms with Crippen LogP contribution in [-0.4, -0.2) is 17.3 Å². The Morgan fingerprint density at radius 1 is 1.53 bits per heavy atom. The Labute approximate surface area is 101 Å². The third-order valence-electron chi connectivity index (χ3n) is 3.37. The first-order chi connectivity index (χ1) is 8.24. The van der Waals surface area contributed by atoms with Crippen molar-refractivity contribution in [1.29, 1.82) is 0 Å². The van der Waals surface area contributed by atoms with Gasteiger partial charge >= 0.3 is 0 Å². The summed E-state index contributed by atoms with van der Waals surface area (Å²) in [5, 5.41) is 0. The predicted molar refractivity (Wildman–Crippen MR) is 68.0 cm³/mol. The zero-order chi connectivity index (χ0) is 12.3. The molecule has 0 saturated heterocycles. The lowest BCUT2D eigenvalue weighted by Gasteiger charge is -2.37. The summed E-state index contributed by atoms with van der Waals surface area (Å²) in [4.78, 5) is 11.9. The molecular formula is C13H20N2O2. The van der Waals surface area contributed by atoms with E-state index < -0.39 is 0 Å². The van der Waals surface area contributed by atoms with Crippen molar-refractivity contribution in [2.75, 3.05) is 12.3 Å². The smallest absolute Gasteiger partial charge is 0.274 e. The quantitative estimate of drug-likeness (QED) is 0.795. The van der Waals surface area contributed by atoms with Crippen molar-refractivity contribution in [2.24, 2.45) is 0 Å². The maximum Gasteiger partial charge on any atom is 0.274 e. The maximum absolute atomic E-state index is 11.9. The van der Waals surface area contributed by atoms with E-state index in [2.05, 4.69) is 6.92 Å². The minimum Gasteiger partial charge on any atom is -0.394 e. The molecule has 0 unspecified atom stereocenters. The first-order valence-corrected chi connectivity index (χ1v) is 6.32. The molecule has 0 aromatic carbocycles. The first-order valence-electron chi connectivity index (χ1n) is 6.32. The fraction of sp³-hybridized carbons (Fsp3) is 0.615.